The molecule has 1 unspecified atom stereocenters. The van der Waals surface area contributed by atoms with Gasteiger partial charge in [0.1, 0.15) is 11.6 Å². The molecular formula is C25H24F2N4O2. The maximum Gasteiger partial charge on any atom is 0.216 e. The number of aromatic nitrogens is 3. The molecule has 4 aromatic rings. The number of rotatable bonds is 6. The van der Waals surface area contributed by atoms with Crippen molar-refractivity contribution in [3.63, 3.8) is 0 Å². The van der Waals surface area contributed by atoms with Crippen LogP contribution in [-0.2, 0) is 13.0 Å². The second-order valence-corrected chi connectivity index (χ2v) is 8.70. The van der Waals surface area contributed by atoms with Crippen molar-refractivity contribution >= 4 is 16.7 Å². The predicted molar refractivity (Wildman–Crippen MR) is 121 cm³/mol. The summed E-state index contributed by atoms with van der Waals surface area (Å²) in [4.78, 5) is 15.6. The van der Waals surface area contributed by atoms with Gasteiger partial charge in [-0.05, 0) is 55.9 Å². The van der Waals surface area contributed by atoms with Gasteiger partial charge in [0, 0.05) is 35.8 Å². The first-order valence-corrected chi connectivity index (χ1v) is 10.8. The first-order chi connectivity index (χ1) is 15.9. The molecular weight excluding hydrogens is 426 g/mol. The monoisotopic (exact) mass is 450 g/mol. The van der Waals surface area contributed by atoms with Crippen molar-refractivity contribution in [2.45, 2.75) is 13.0 Å². The number of Topliss-reactive ketones (excluding diaryl/α,β-unsaturated/α-hetero) is 1. The van der Waals surface area contributed by atoms with Crippen molar-refractivity contribution in [3.05, 3.63) is 71.7 Å². The summed E-state index contributed by atoms with van der Waals surface area (Å²) in [5.41, 5.74) is 3.21. The Morgan fingerprint density at radius 3 is 2.85 bits per heavy atom. The summed E-state index contributed by atoms with van der Waals surface area (Å²) < 4.78 is 35.6. The lowest BCUT2D eigenvalue weighted by molar-refractivity contribution is 0.0856. The largest absolute Gasteiger partial charge is 0.493 e. The lowest BCUT2D eigenvalue weighted by Gasteiger charge is -2.24. The average Bonchev–Trinajstić information content (AvgIpc) is 3.39. The molecule has 0 aliphatic carbocycles. The van der Waals surface area contributed by atoms with E-state index in [-0.39, 0.29) is 18.2 Å². The van der Waals surface area contributed by atoms with Gasteiger partial charge in [0.25, 0.3) is 0 Å². The molecule has 33 heavy (non-hydrogen) atoms. The third-order valence-corrected chi connectivity index (χ3v) is 6.14. The lowest BCUT2D eigenvalue weighted by atomic mass is 9.89. The fourth-order valence-electron chi connectivity index (χ4n) is 4.37. The van der Waals surface area contributed by atoms with E-state index in [1.54, 1.807) is 12.1 Å². The smallest absolute Gasteiger partial charge is 0.216 e. The number of hydrogen-bond acceptors (Lipinski definition) is 4. The molecule has 170 valence electrons. The van der Waals surface area contributed by atoms with Crippen molar-refractivity contribution in [1.82, 2.24) is 19.7 Å². The van der Waals surface area contributed by atoms with Crippen LogP contribution in [0.15, 0.2) is 48.8 Å². The number of carbonyl (C=O) groups is 1. The number of carbonyl (C=O) groups excluding carboxylic acids is 1. The van der Waals surface area contributed by atoms with Crippen LogP contribution in [-0.4, -0.2) is 52.7 Å². The molecule has 2 aromatic heterocycles. The number of H-pyrrole nitrogens is 1. The fraction of sp³-hybridized carbons (Fsp3) is 0.280. The Kier molecular flexibility index (Phi) is 5.46. The molecule has 1 atom stereocenters. The number of nitrogens with one attached hydrogen (secondary N) is 1. The normalized spacial score (nSPS) is 15.6. The van der Waals surface area contributed by atoms with E-state index in [4.69, 9.17) is 4.74 Å². The van der Waals surface area contributed by atoms with Gasteiger partial charge >= 0.3 is 0 Å². The van der Waals surface area contributed by atoms with Crippen molar-refractivity contribution in [1.29, 1.82) is 0 Å². The first-order valence-electron chi connectivity index (χ1n) is 10.8. The Bertz CT molecular complexity index is 1340. The first kappa shape index (κ1) is 21.3. The summed E-state index contributed by atoms with van der Waals surface area (Å²) in [6.45, 7) is 1.70. The van der Waals surface area contributed by atoms with Crippen molar-refractivity contribution in [2.24, 2.45) is 5.92 Å². The van der Waals surface area contributed by atoms with Crippen LogP contribution in [0, 0.1) is 17.7 Å². The van der Waals surface area contributed by atoms with Crippen LogP contribution in [0.1, 0.15) is 15.9 Å². The Morgan fingerprint density at radius 1 is 1.24 bits per heavy atom. The molecule has 1 aliphatic rings. The van der Waals surface area contributed by atoms with Crippen LogP contribution in [0.3, 0.4) is 0 Å². The average molecular weight is 450 g/mol. The van der Waals surface area contributed by atoms with Gasteiger partial charge in [0.15, 0.2) is 5.78 Å². The molecule has 0 saturated carbocycles. The van der Waals surface area contributed by atoms with Crippen molar-refractivity contribution in [3.8, 4) is 16.9 Å². The molecule has 0 bridgehead atoms. The number of fused-ring (bicyclic) bond motifs is 2. The quantitative estimate of drug-likeness (QED) is 0.445. The number of aromatic amines is 1. The number of benzene rings is 2. The van der Waals surface area contributed by atoms with Gasteiger partial charge in [0.2, 0.25) is 5.95 Å². The highest BCUT2D eigenvalue weighted by molar-refractivity contribution is 6.10. The second kappa shape index (κ2) is 8.44. The van der Waals surface area contributed by atoms with Gasteiger partial charge in [-0.2, -0.15) is 9.49 Å². The third-order valence-electron chi connectivity index (χ3n) is 6.14. The van der Waals surface area contributed by atoms with Crippen LogP contribution in [0.4, 0.5) is 8.78 Å². The van der Waals surface area contributed by atoms with Crippen molar-refractivity contribution in [2.75, 3.05) is 27.2 Å². The summed E-state index contributed by atoms with van der Waals surface area (Å²) in [5.74, 6) is -0.661. The van der Waals surface area contributed by atoms with Gasteiger partial charge in [-0.15, -0.1) is 0 Å². The van der Waals surface area contributed by atoms with Gasteiger partial charge in [-0.25, -0.2) is 4.39 Å². The Hall–Kier alpha value is -3.52. The molecule has 1 N–H and O–H groups in total. The van der Waals surface area contributed by atoms with E-state index >= 15 is 0 Å². The molecule has 0 spiro atoms. The van der Waals surface area contributed by atoms with Crippen molar-refractivity contribution < 1.29 is 18.3 Å². The molecule has 0 amide bonds. The summed E-state index contributed by atoms with van der Waals surface area (Å²) in [5, 5.41) is 6.90. The SMILES string of the molecule is CN(C)CCn1cc(C(=O)C2COc3ccc(F)cc3C2)c2ccc(-c3cn[nH]c3F)cc21. The van der Waals surface area contributed by atoms with Crippen LogP contribution in [0.2, 0.25) is 0 Å². The number of hydrogen-bond donors (Lipinski definition) is 1. The van der Waals surface area contributed by atoms with E-state index < -0.39 is 11.9 Å². The molecule has 2 aromatic carbocycles. The number of nitrogens with zero attached hydrogens (tertiary/aromatic N) is 3. The number of halogens is 2. The Morgan fingerprint density at radius 2 is 2.09 bits per heavy atom. The summed E-state index contributed by atoms with van der Waals surface area (Å²) in [6.07, 6.45) is 3.74. The Balaban J connectivity index is 1.53. The molecule has 0 fully saturated rings. The molecule has 8 heteroatoms. The van der Waals surface area contributed by atoms with E-state index in [1.807, 2.05) is 37.0 Å². The summed E-state index contributed by atoms with van der Waals surface area (Å²) in [6, 6.07) is 9.94. The molecule has 3 heterocycles. The topological polar surface area (TPSA) is 63.1 Å². The van der Waals surface area contributed by atoms with Gasteiger partial charge in [-0.3, -0.25) is 9.89 Å². The highest BCUT2D eigenvalue weighted by atomic mass is 19.1. The zero-order valence-corrected chi connectivity index (χ0v) is 18.4. The second-order valence-electron chi connectivity index (χ2n) is 8.70. The van der Waals surface area contributed by atoms with Crippen LogP contribution >= 0.6 is 0 Å². The number of ketones is 1. The predicted octanol–water partition coefficient (Wildman–Crippen LogP) is 4.31. The molecule has 0 radical (unpaired) electrons. The zero-order chi connectivity index (χ0) is 23.1. The molecule has 1 aliphatic heterocycles. The highest BCUT2D eigenvalue weighted by Gasteiger charge is 2.29. The fourth-order valence-corrected chi connectivity index (χ4v) is 4.37. The van der Waals surface area contributed by atoms with Crippen LogP contribution < -0.4 is 4.74 Å². The minimum atomic E-state index is -0.498. The minimum absolute atomic E-state index is 0.0410. The Labute approximate surface area is 189 Å². The number of likely N-dealkylation sites (N-methyl/N-ethyl adjacent to an activating group) is 1. The molecule has 0 saturated heterocycles. The van der Waals surface area contributed by atoms with E-state index in [0.717, 1.165) is 17.4 Å². The summed E-state index contributed by atoms with van der Waals surface area (Å²) >= 11 is 0. The standard InChI is InChI=1S/C25H24F2N4O2/c1-30(2)7-8-31-13-21(19-5-3-15(11-22(19)31)20-12-28-29-25(20)27)24(32)17-9-16-10-18(26)4-6-23(16)33-14-17/h3-6,10-13,17H,7-9,14H2,1-2H3,(H,28,29). The minimum Gasteiger partial charge on any atom is -0.493 e. The zero-order valence-electron chi connectivity index (χ0n) is 18.4. The maximum atomic E-state index is 14.1. The van der Waals surface area contributed by atoms with Gasteiger partial charge in [0.05, 0.1) is 24.3 Å². The van der Waals surface area contributed by atoms with Crippen LogP contribution in [0.25, 0.3) is 22.0 Å². The van der Waals surface area contributed by atoms with Crippen LogP contribution in [0.5, 0.6) is 5.75 Å². The summed E-state index contributed by atoms with van der Waals surface area (Å²) in [7, 11) is 3.97. The lowest BCUT2D eigenvalue weighted by Crippen LogP contribution is -2.28. The van der Waals surface area contributed by atoms with E-state index in [1.165, 1.54) is 18.3 Å². The maximum absolute atomic E-state index is 14.1. The van der Waals surface area contributed by atoms with E-state index in [9.17, 15) is 13.6 Å². The van der Waals surface area contributed by atoms with Gasteiger partial charge in [-0.1, -0.05) is 12.1 Å². The molecule has 6 nitrogen and oxygen atoms in total. The van der Waals surface area contributed by atoms with E-state index in [0.29, 0.717) is 41.0 Å². The number of ether oxygens (including phenoxy) is 1. The molecule has 5 rings (SSSR count). The van der Waals surface area contributed by atoms with E-state index in [2.05, 4.69) is 15.1 Å². The third kappa shape index (κ3) is 4.02. The highest BCUT2D eigenvalue weighted by Crippen LogP contribution is 2.33. The van der Waals surface area contributed by atoms with Gasteiger partial charge < -0.3 is 14.2 Å².